The van der Waals surface area contributed by atoms with Gasteiger partial charge in [0.2, 0.25) is 0 Å². The van der Waals surface area contributed by atoms with Crippen molar-refractivity contribution in [2.45, 2.75) is 42.6 Å². The van der Waals surface area contributed by atoms with Crippen molar-refractivity contribution in [3.8, 4) is 23.0 Å². The number of likely N-dealkylation sites (N-methyl/N-ethyl adjacent to an activating group) is 1. The van der Waals surface area contributed by atoms with Gasteiger partial charge in [-0.2, -0.15) is 0 Å². The highest BCUT2D eigenvalue weighted by Crippen LogP contribution is 2.62. The Labute approximate surface area is 211 Å². The summed E-state index contributed by atoms with van der Waals surface area (Å²) in [7, 11) is 5.45. The van der Waals surface area contributed by atoms with Crippen LogP contribution in [0.2, 0.25) is 0 Å². The quantitative estimate of drug-likeness (QED) is 0.521. The average Bonchev–Trinajstić information content (AvgIpc) is 3.26. The second-order valence-electron chi connectivity index (χ2n) is 9.91. The highest BCUT2D eigenvalue weighted by molar-refractivity contribution is 5.62. The summed E-state index contributed by atoms with van der Waals surface area (Å²) in [6.07, 6.45) is 4.67. The number of likely N-dealkylation sites (tertiary alicyclic amines) is 1. The standard InChI is InChI=1S/C18H21NO3.C10H14O4/c1-19-8-7-18-11-4-5-13(20)17(18)22-16-14(21-2)6-3-10(15(16)18)9-12(11)19;1-13-9-4-2-3-5-10(9)14-7-8(12)6-11/h3-6,11-13,17,20H,7-9H2,1-2H3;2-5,8,11-12H,6-7H2,1H3/t11-,12+,13-,17-,18-;/m0./s1. The van der Waals surface area contributed by atoms with Crippen LogP contribution in [0.15, 0.2) is 48.6 Å². The fourth-order valence-corrected chi connectivity index (χ4v) is 6.37. The van der Waals surface area contributed by atoms with Gasteiger partial charge >= 0.3 is 0 Å². The number of nitrogens with zero attached hydrogens (tertiary/aromatic N) is 1. The maximum Gasteiger partial charge on any atom is 0.165 e. The van der Waals surface area contributed by atoms with E-state index >= 15 is 0 Å². The third kappa shape index (κ3) is 3.93. The number of aliphatic hydroxyl groups excluding tert-OH is 3. The van der Waals surface area contributed by atoms with E-state index in [0.29, 0.717) is 23.5 Å². The van der Waals surface area contributed by atoms with E-state index in [4.69, 9.17) is 29.2 Å². The number of methoxy groups -OCH3 is 2. The summed E-state index contributed by atoms with van der Waals surface area (Å²) in [5, 5.41) is 28.2. The molecule has 8 heteroatoms. The first kappa shape index (κ1) is 24.9. The number of hydrogen-bond acceptors (Lipinski definition) is 8. The molecule has 36 heavy (non-hydrogen) atoms. The van der Waals surface area contributed by atoms with E-state index in [-0.39, 0.29) is 24.7 Å². The second kappa shape index (κ2) is 9.94. The van der Waals surface area contributed by atoms with Gasteiger partial charge in [-0.05, 0) is 50.2 Å². The number of para-hydroxylation sites is 2. The van der Waals surface area contributed by atoms with Gasteiger partial charge in [-0.1, -0.05) is 30.4 Å². The number of piperidine rings is 1. The van der Waals surface area contributed by atoms with Gasteiger partial charge in [0.1, 0.15) is 24.9 Å². The molecule has 2 heterocycles. The number of ether oxygens (including phenoxy) is 4. The fourth-order valence-electron chi connectivity index (χ4n) is 6.37. The molecule has 0 radical (unpaired) electrons. The van der Waals surface area contributed by atoms with Crippen molar-refractivity contribution in [2.24, 2.45) is 5.92 Å². The molecule has 2 aromatic rings. The zero-order valence-corrected chi connectivity index (χ0v) is 21.0. The molecule has 0 saturated carbocycles. The van der Waals surface area contributed by atoms with Gasteiger partial charge in [0.05, 0.1) is 20.8 Å². The van der Waals surface area contributed by atoms with Crippen LogP contribution >= 0.6 is 0 Å². The molecule has 3 N–H and O–H groups in total. The molecule has 2 aliphatic carbocycles. The van der Waals surface area contributed by atoms with E-state index in [0.717, 1.165) is 30.9 Å². The lowest BCUT2D eigenvalue weighted by Gasteiger charge is -2.56. The van der Waals surface area contributed by atoms with E-state index in [1.165, 1.54) is 11.1 Å². The predicted octanol–water partition coefficient (Wildman–Crippen LogP) is 1.93. The lowest BCUT2D eigenvalue weighted by atomic mass is 9.53. The zero-order chi connectivity index (χ0) is 25.4. The molecule has 2 aromatic carbocycles. The summed E-state index contributed by atoms with van der Waals surface area (Å²) in [6.45, 7) is 0.795. The Bertz CT molecular complexity index is 1120. The third-order valence-corrected chi connectivity index (χ3v) is 8.07. The lowest BCUT2D eigenvalue weighted by molar-refractivity contribution is -0.0453. The first-order valence-electron chi connectivity index (χ1n) is 12.4. The minimum Gasteiger partial charge on any atom is -0.493 e. The third-order valence-electron chi connectivity index (χ3n) is 8.07. The van der Waals surface area contributed by atoms with Crippen molar-refractivity contribution < 1.29 is 34.3 Å². The van der Waals surface area contributed by atoms with Crippen molar-refractivity contribution >= 4 is 0 Å². The Kier molecular flexibility index (Phi) is 6.87. The molecule has 1 fully saturated rings. The van der Waals surface area contributed by atoms with Crippen molar-refractivity contribution in [1.82, 2.24) is 4.90 Å². The van der Waals surface area contributed by atoms with Crippen LogP contribution in [0.3, 0.4) is 0 Å². The molecule has 1 saturated heterocycles. The molecule has 4 aliphatic rings. The zero-order valence-electron chi connectivity index (χ0n) is 21.0. The fraction of sp³-hybridized carbons (Fsp3) is 0.500. The number of rotatable bonds is 6. The molecule has 8 nitrogen and oxygen atoms in total. The van der Waals surface area contributed by atoms with Crippen LogP contribution in [0, 0.1) is 5.92 Å². The maximum absolute atomic E-state index is 10.6. The SMILES string of the molecule is COc1ccc2c3c1O[C@H]1[C@@H](O)C=C[C@H]4[C@@H](C2)N(C)CC[C@@]341.COc1ccccc1OCC(O)CO. The minimum absolute atomic E-state index is 0.0525. The van der Waals surface area contributed by atoms with Gasteiger partial charge < -0.3 is 39.2 Å². The van der Waals surface area contributed by atoms with Crippen LogP contribution in [-0.2, 0) is 11.8 Å². The highest BCUT2D eigenvalue weighted by Gasteiger charge is 2.64. The number of hydrogen-bond donors (Lipinski definition) is 3. The van der Waals surface area contributed by atoms with E-state index in [2.05, 4.69) is 24.1 Å². The van der Waals surface area contributed by atoms with Gasteiger partial charge in [0, 0.05) is 22.9 Å². The number of aliphatic hydroxyl groups is 3. The molecule has 6 atom stereocenters. The van der Waals surface area contributed by atoms with E-state index in [1.54, 1.807) is 26.4 Å². The van der Waals surface area contributed by atoms with Crippen LogP contribution in [-0.4, -0.2) is 85.6 Å². The summed E-state index contributed by atoms with van der Waals surface area (Å²) >= 11 is 0. The molecule has 6 rings (SSSR count). The first-order chi connectivity index (χ1) is 17.4. The molecule has 2 bridgehead atoms. The monoisotopic (exact) mass is 497 g/mol. The Hall–Kier alpha value is -2.78. The van der Waals surface area contributed by atoms with Crippen LogP contribution in [0.25, 0.3) is 0 Å². The molecule has 0 aromatic heterocycles. The van der Waals surface area contributed by atoms with Crippen LogP contribution in [0.5, 0.6) is 23.0 Å². The Morgan fingerprint density at radius 3 is 2.56 bits per heavy atom. The van der Waals surface area contributed by atoms with E-state index in [1.807, 2.05) is 24.3 Å². The maximum atomic E-state index is 10.6. The van der Waals surface area contributed by atoms with Crippen LogP contribution < -0.4 is 18.9 Å². The van der Waals surface area contributed by atoms with Gasteiger partial charge in [0.25, 0.3) is 0 Å². The smallest absolute Gasteiger partial charge is 0.165 e. The Morgan fingerprint density at radius 1 is 1.08 bits per heavy atom. The molecule has 2 aliphatic heterocycles. The van der Waals surface area contributed by atoms with Gasteiger partial charge in [-0.15, -0.1) is 0 Å². The van der Waals surface area contributed by atoms with Crippen LogP contribution in [0.4, 0.5) is 0 Å². The van der Waals surface area contributed by atoms with Crippen molar-refractivity contribution in [2.75, 3.05) is 41.0 Å². The summed E-state index contributed by atoms with van der Waals surface area (Å²) in [6, 6.07) is 11.8. The molecule has 0 amide bonds. The normalized spacial score (nSPS) is 29.8. The molecule has 1 unspecified atom stereocenters. The molecule has 194 valence electrons. The first-order valence-corrected chi connectivity index (χ1v) is 12.4. The highest BCUT2D eigenvalue weighted by atomic mass is 16.5. The van der Waals surface area contributed by atoms with Gasteiger partial charge in [-0.25, -0.2) is 0 Å². The average molecular weight is 498 g/mol. The van der Waals surface area contributed by atoms with Crippen molar-refractivity contribution in [1.29, 1.82) is 0 Å². The second-order valence-corrected chi connectivity index (χ2v) is 9.91. The molecule has 1 spiro atoms. The summed E-state index contributed by atoms with van der Waals surface area (Å²) in [5.41, 5.74) is 2.60. The lowest BCUT2D eigenvalue weighted by Crippen LogP contribution is -2.64. The Balaban J connectivity index is 0.000000166. The van der Waals surface area contributed by atoms with E-state index < -0.39 is 12.2 Å². The van der Waals surface area contributed by atoms with Crippen molar-refractivity contribution in [3.05, 3.63) is 59.7 Å². The largest absolute Gasteiger partial charge is 0.493 e. The molecular weight excluding hydrogens is 462 g/mol. The summed E-state index contributed by atoms with van der Waals surface area (Å²) < 4.78 is 22.1. The topological polar surface area (TPSA) is 101 Å². The van der Waals surface area contributed by atoms with Crippen LogP contribution in [0.1, 0.15) is 17.5 Å². The van der Waals surface area contributed by atoms with Crippen molar-refractivity contribution in [3.63, 3.8) is 0 Å². The summed E-state index contributed by atoms with van der Waals surface area (Å²) in [4.78, 5) is 2.47. The summed E-state index contributed by atoms with van der Waals surface area (Å²) in [5.74, 6) is 3.26. The Morgan fingerprint density at radius 2 is 1.83 bits per heavy atom. The van der Waals surface area contributed by atoms with Gasteiger partial charge in [0.15, 0.2) is 23.0 Å². The minimum atomic E-state index is -0.861. The molecular formula is C28H35NO7. The van der Waals surface area contributed by atoms with E-state index in [9.17, 15) is 5.11 Å². The van der Waals surface area contributed by atoms with Gasteiger partial charge in [-0.3, -0.25) is 0 Å². The predicted molar refractivity (Wildman–Crippen MR) is 134 cm³/mol. The number of benzene rings is 2.